The average molecular weight is 139 g/mol. The Bertz CT molecular complexity index is 157. The third kappa shape index (κ3) is 7.36. The lowest BCUT2D eigenvalue weighted by molar-refractivity contribution is 0.982. The first-order valence-electron chi connectivity index (χ1n) is 2.91. The van der Waals surface area contributed by atoms with Gasteiger partial charge >= 0.3 is 0 Å². The molecule has 0 aromatic rings. The maximum absolute atomic E-state index is 4.35. The van der Waals surface area contributed by atoms with E-state index in [1.165, 1.54) is 0 Å². The van der Waals surface area contributed by atoms with E-state index in [2.05, 4.69) is 41.1 Å². The molecule has 0 amide bonds. The van der Waals surface area contributed by atoms with Crippen LogP contribution in [0.1, 0.15) is 19.8 Å². The van der Waals surface area contributed by atoms with E-state index in [4.69, 9.17) is 0 Å². The van der Waals surface area contributed by atoms with E-state index < -0.39 is 0 Å². The van der Waals surface area contributed by atoms with Gasteiger partial charge in [-0.1, -0.05) is 12.8 Å². The van der Waals surface area contributed by atoms with Gasteiger partial charge in [0.2, 0.25) is 0 Å². The Labute approximate surface area is 61.2 Å². The van der Waals surface area contributed by atoms with Crippen molar-refractivity contribution in [3.63, 3.8) is 0 Å². The highest BCUT2D eigenvalue weighted by Gasteiger charge is 1.68. The normalized spacial score (nSPS) is 6.78. The summed E-state index contributed by atoms with van der Waals surface area (Å²) in [6.45, 7) is 2.60. The van der Waals surface area contributed by atoms with Crippen LogP contribution in [0.5, 0.6) is 0 Å². The summed E-state index contributed by atoms with van der Waals surface area (Å²) in [6, 6.07) is 0. The van der Waals surface area contributed by atoms with Crippen molar-refractivity contribution in [1.82, 2.24) is 0 Å². The molecule has 0 aliphatic heterocycles. The SMILES string of the molecule is CCCC#CCN=C=S. The first-order valence-corrected chi connectivity index (χ1v) is 3.32. The number of hydrogen-bond donors (Lipinski definition) is 0. The molecule has 0 heterocycles. The van der Waals surface area contributed by atoms with E-state index in [0.29, 0.717) is 6.54 Å². The lowest BCUT2D eigenvalue weighted by atomic mass is 10.3. The molecule has 0 saturated heterocycles. The Morgan fingerprint density at radius 1 is 1.44 bits per heavy atom. The van der Waals surface area contributed by atoms with Crippen molar-refractivity contribution in [3.05, 3.63) is 0 Å². The highest BCUT2D eigenvalue weighted by molar-refractivity contribution is 7.78. The summed E-state index contributed by atoms with van der Waals surface area (Å²) < 4.78 is 0. The highest BCUT2D eigenvalue weighted by Crippen LogP contribution is 1.80. The van der Waals surface area contributed by atoms with Crippen LogP contribution < -0.4 is 0 Å². The number of rotatable bonds is 2. The van der Waals surface area contributed by atoms with Gasteiger partial charge in [0.1, 0.15) is 6.54 Å². The fourth-order valence-electron chi connectivity index (χ4n) is 0.341. The smallest absolute Gasteiger partial charge is 0.110 e. The molecule has 0 atom stereocenters. The molecule has 48 valence electrons. The molecule has 0 fully saturated rings. The summed E-state index contributed by atoms with van der Waals surface area (Å²) in [5, 5.41) is 2.25. The van der Waals surface area contributed by atoms with Gasteiger partial charge in [0, 0.05) is 6.42 Å². The predicted molar refractivity (Wildman–Crippen MR) is 42.6 cm³/mol. The number of aliphatic imine (C=N–C) groups is 1. The zero-order valence-electron chi connectivity index (χ0n) is 5.48. The molecule has 0 radical (unpaired) electrons. The minimum absolute atomic E-state index is 0.503. The van der Waals surface area contributed by atoms with Crippen LogP contribution in [-0.4, -0.2) is 11.7 Å². The quantitative estimate of drug-likeness (QED) is 0.323. The summed E-state index contributed by atoms with van der Waals surface area (Å²) in [6.07, 6.45) is 2.06. The van der Waals surface area contributed by atoms with E-state index in [-0.39, 0.29) is 0 Å². The molecule has 9 heavy (non-hydrogen) atoms. The molecule has 0 N–H and O–H groups in total. The molecule has 0 aromatic heterocycles. The first-order chi connectivity index (χ1) is 4.41. The fourth-order valence-corrected chi connectivity index (χ4v) is 0.406. The summed E-state index contributed by atoms with van der Waals surface area (Å²) in [7, 11) is 0. The van der Waals surface area contributed by atoms with Gasteiger partial charge in [-0.25, -0.2) is 4.99 Å². The summed E-state index contributed by atoms with van der Waals surface area (Å²) >= 11 is 4.35. The van der Waals surface area contributed by atoms with Crippen LogP contribution in [0.25, 0.3) is 0 Å². The third-order valence-electron chi connectivity index (χ3n) is 0.723. The third-order valence-corrected chi connectivity index (χ3v) is 0.852. The molecule has 2 heteroatoms. The lowest BCUT2D eigenvalue weighted by Gasteiger charge is -1.75. The Balaban J connectivity index is 3.26. The molecule has 0 spiro atoms. The molecule has 0 saturated carbocycles. The van der Waals surface area contributed by atoms with Crippen LogP contribution in [0.4, 0.5) is 0 Å². The summed E-state index contributed by atoms with van der Waals surface area (Å²) in [5.41, 5.74) is 0. The molecule has 0 bridgehead atoms. The van der Waals surface area contributed by atoms with Crippen LogP contribution in [0, 0.1) is 11.8 Å². The number of unbranched alkanes of at least 4 members (excludes halogenated alkanes) is 1. The van der Waals surface area contributed by atoms with Crippen molar-refractivity contribution < 1.29 is 0 Å². The van der Waals surface area contributed by atoms with E-state index in [9.17, 15) is 0 Å². The standard InChI is InChI=1S/C7H9NS/c1-2-3-4-5-6-8-7-9/h2-3,6H2,1H3. The first kappa shape index (κ1) is 8.36. The fraction of sp³-hybridized carbons (Fsp3) is 0.571. The molecule has 0 aliphatic rings. The van der Waals surface area contributed by atoms with Crippen molar-refractivity contribution in [3.8, 4) is 11.8 Å². The Kier molecular flexibility index (Phi) is 6.84. The maximum atomic E-state index is 4.35. The monoisotopic (exact) mass is 139 g/mol. The molecule has 1 nitrogen and oxygen atoms in total. The second-order valence-electron chi connectivity index (χ2n) is 1.51. The molecule has 0 aliphatic carbocycles. The van der Waals surface area contributed by atoms with Gasteiger partial charge in [0.15, 0.2) is 0 Å². The second kappa shape index (κ2) is 7.36. The predicted octanol–water partition coefficient (Wildman–Crippen LogP) is 1.89. The zero-order chi connectivity index (χ0) is 6.95. The van der Waals surface area contributed by atoms with Crippen LogP contribution in [0.2, 0.25) is 0 Å². The van der Waals surface area contributed by atoms with Gasteiger partial charge in [-0.2, -0.15) is 0 Å². The molecular formula is C7H9NS. The number of thiocarbonyl (C=S) groups is 1. The van der Waals surface area contributed by atoms with E-state index >= 15 is 0 Å². The van der Waals surface area contributed by atoms with E-state index in [1.54, 1.807) is 0 Å². The van der Waals surface area contributed by atoms with Crippen LogP contribution in [0.3, 0.4) is 0 Å². The number of isothiocyanates is 1. The minimum atomic E-state index is 0.503. The highest BCUT2D eigenvalue weighted by atomic mass is 32.1. The molecule has 0 rings (SSSR count). The maximum Gasteiger partial charge on any atom is 0.110 e. The van der Waals surface area contributed by atoms with Gasteiger partial charge in [0.25, 0.3) is 0 Å². The minimum Gasteiger partial charge on any atom is -0.219 e. The van der Waals surface area contributed by atoms with Crippen molar-refractivity contribution in [2.24, 2.45) is 4.99 Å². The van der Waals surface area contributed by atoms with Gasteiger partial charge in [-0.15, -0.1) is 5.92 Å². The van der Waals surface area contributed by atoms with Crippen molar-refractivity contribution in [2.75, 3.05) is 6.54 Å². The Morgan fingerprint density at radius 3 is 2.78 bits per heavy atom. The van der Waals surface area contributed by atoms with Crippen molar-refractivity contribution in [1.29, 1.82) is 0 Å². The largest absolute Gasteiger partial charge is 0.219 e. The summed E-state index contributed by atoms with van der Waals surface area (Å²) in [5.74, 6) is 5.78. The molecule has 0 unspecified atom stereocenters. The van der Waals surface area contributed by atoms with Crippen LogP contribution in [-0.2, 0) is 0 Å². The Morgan fingerprint density at radius 2 is 2.22 bits per heavy atom. The topological polar surface area (TPSA) is 12.4 Å². The van der Waals surface area contributed by atoms with E-state index in [0.717, 1.165) is 12.8 Å². The molecular weight excluding hydrogens is 130 g/mol. The van der Waals surface area contributed by atoms with Gasteiger partial charge in [-0.05, 0) is 18.6 Å². The Hall–Kier alpha value is -0.640. The van der Waals surface area contributed by atoms with Crippen LogP contribution in [0.15, 0.2) is 4.99 Å². The van der Waals surface area contributed by atoms with Crippen molar-refractivity contribution >= 4 is 17.4 Å². The second-order valence-corrected chi connectivity index (χ2v) is 1.69. The number of nitrogens with zero attached hydrogens (tertiary/aromatic N) is 1. The number of hydrogen-bond acceptors (Lipinski definition) is 2. The van der Waals surface area contributed by atoms with Crippen molar-refractivity contribution in [2.45, 2.75) is 19.8 Å². The molecule has 0 aromatic carbocycles. The lowest BCUT2D eigenvalue weighted by Crippen LogP contribution is -1.69. The van der Waals surface area contributed by atoms with Gasteiger partial charge < -0.3 is 0 Å². The summed E-state index contributed by atoms with van der Waals surface area (Å²) in [4.78, 5) is 3.63. The van der Waals surface area contributed by atoms with Gasteiger partial charge in [-0.3, -0.25) is 0 Å². The van der Waals surface area contributed by atoms with E-state index in [1.807, 2.05) is 0 Å². The van der Waals surface area contributed by atoms with Gasteiger partial charge in [0.05, 0.1) is 5.16 Å². The zero-order valence-corrected chi connectivity index (χ0v) is 6.29. The van der Waals surface area contributed by atoms with Crippen LogP contribution >= 0.6 is 12.2 Å². The average Bonchev–Trinajstić information content (AvgIpc) is 1.89.